The highest BCUT2D eigenvalue weighted by Crippen LogP contribution is 2.38. The van der Waals surface area contributed by atoms with Crippen molar-refractivity contribution in [2.75, 3.05) is 63.5 Å². The van der Waals surface area contributed by atoms with Crippen LogP contribution in [-0.4, -0.2) is 84.7 Å². The molecular weight excluding hydrogens is 589 g/mol. The molecule has 0 aliphatic heterocycles. The van der Waals surface area contributed by atoms with E-state index < -0.39 is 18.8 Å². The van der Waals surface area contributed by atoms with Gasteiger partial charge in [-0.25, -0.2) is 23.1 Å². The van der Waals surface area contributed by atoms with Gasteiger partial charge in [0.25, 0.3) is 12.4 Å². The summed E-state index contributed by atoms with van der Waals surface area (Å²) in [5.74, 6) is -0.390. The summed E-state index contributed by atoms with van der Waals surface area (Å²) in [4.78, 5) is 29.4. The number of rotatable bonds is 14. The summed E-state index contributed by atoms with van der Waals surface area (Å²) in [5, 5.41) is 5.99. The number of alkyl halides is 2. The summed E-state index contributed by atoms with van der Waals surface area (Å²) < 4.78 is 53.4. The largest absolute Gasteiger partial charge is 0.494 e. The Morgan fingerprint density at radius 1 is 1.11 bits per heavy atom. The van der Waals surface area contributed by atoms with Crippen LogP contribution in [0.15, 0.2) is 49.2 Å². The van der Waals surface area contributed by atoms with Gasteiger partial charge in [0.15, 0.2) is 12.4 Å². The molecule has 14 heteroatoms. The second-order valence-corrected chi connectivity index (χ2v) is 10.8. The molecule has 240 valence electrons. The molecule has 2 aromatic heterocycles. The molecule has 1 amide bonds. The van der Waals surface area contributed by atoms with Gasteiger partial charge in [0.1, 0.15) is 11.3 Å². The molecule has 0 fully saturated rings. The van der Waals surface area contributed by atoms with Crippen molar-refractivity contribution in [3.8, 4) is 23.0 Å². The van der Waals surface area contributed by atoms with Gasteiger partial charge in [-0.1, -0.05) is 6.58 Å². The van der Waals surface area contributed by atoms with Crippen LogP contribution >= 0.6 is 0 Å². The van der Waals surface area contributed by atoms with Gasteiger partial charge in [-0.3, -0.25) is 9.36 Å². The summed E-state index contributed by atoms with van der Waals surface area (Å²) in [6, 6.07) is 7.72. The number of nitrogens with one attached hydrogen (secondary N) is 2. The molecule has 4 aromatic rings. The smallest absolute Gasteiger partial charge is 0.297 e. The van der Waals surface area contributed by atoms with Crippen LogP contribution in [0.25, 0.3) is 22.3 Å². The molecule has 0 aliphatic rings. The van der Waals surface area contributed by atoms with Crippen molar-refractivity contribution in [1.29, 1.82) is 0 Å². The van der Waals surface area contributed by atoms with Gasteiger partial charge >= 0.3 is 0 Å². The first-order valence-corrected chi connectivity index (χ1v) is 14.2. The Labute approximate surface area is 259 Å². The zero-order valence-electron chi connectivity index (χ0n) is 26.1. The van der Waals surface area contributed by atoms with Crippen LogP contribution in [0.1, 0.15) is 19.9 Å². The highest BCUT2D eigenvalue weighted by Gasteiger charge is 2.21. The van der Waals surface area contributed by atoms with E-state index in [2.05, 4.69) is 37.1 Å². The van der Waals surface area contributed by atoms with Gasteiger partial charge in [-0.05, 0) is 58.3 Å². The van der Waals surface area contributed by atoms with E-state index >= 15 is 4.39 Å². The average molecular weight is 627 g/mol. The van der Waals surface area contributed by atoms with Crippen molar-refractivity contribution in [1.82, 2.24) is 24.4 Å². The molecule has 11 nitrogen and oxygen atoms in total. The monoisotopic (exact) mass is 626 g/mol. The normalized spacial score (nSPS) is 11.4. The predicted molar refractivity (Wildman–Crippen MR) is 170 cm³/mol. The number of amides is 1. The van der Waals surface area contributed by atoms with E-state index in [1.54, 1.807) is 28.8 Å². The van der Waals surface area contributed by atoms with Gasteiger partial charge in [0.05, 0.1) is 35.4 Å². The Morgan fingerprint density at radius 2 is 1.87 bits per heavy atom. The zero-order chi connectivity index (χ0) is 32.8. The SMILES string of the molecule is C=CC(=O)Nc1cc(Nc2nccc(-c3cc(F)c4nc(OCC(F)F)n(C(C)C)c4c3)n2)c(OC)cc1N(C)CCN(C)C. The van der Waals surface area contributed by atoms with Gasteiger partial charge < -0.3 is 29.9 Å². The minimum absolute atomic E-state index is 0.00130. The highest BCUT2D eigenvalue weighted by atomic mass is 19.3. The number of anilines is 4. The van der Waals surface area contributed by atoms with Crippen molar-refractivity contribution >= 4 is 40.0 Å². The van der Waals surface area contributed by atoms with Crippen molar-refractivity contribution in [2.45, 2.75) is 26.3 Å². The van der Waals surface area contributed by atoms with E-state index in [0.717, 1.165) is 12.2 Å². The summed E-state index contributed by atoms with van der Waals surface area (Å²) in [6.45, 7) is 7.79. The number of carbonyl (C=O) groups excluding carboxylic acids is 1. The lowest BCUT2D eigenvalue weighted by Gasteiger charge is -2.26. The number of ether oxygens (including phenoxy) is 2. The van der Waals surface area contributed by atoms with Gasteiger partial charge in [-0.15, -0.1) is 0 Å². The Morgan fingerprint density at radius 3 is 2.51 bits per heavy atom. The minimum atomic E-state index is -2.70. The number of likely N-dealkylation sites (N-methyl/N-ethyl adjacent to an activating group) is 2. The molecule has 0 atom stereocenters. The molecule has 0 aliphatic carbocycles. The van der Waals surface area contributed by atoms with E-state index in [0.29, 0.717) is 40.4 Å². The van der Waals surface area contributed by atoms with Gasteiger partial charge in [0, 0.05) is 44.0 Å². The Balaban J connectivity index is 1.72. The van der Waals surface area contributed by atoms with E-state index in [-0.39, 0.29) is 29.4 Å². The number of methoxy groups -OCH3 is 1. The lowest BCUT2D eigenvalue weighted by Crippen LogP contribution is -2.29. The molecule has 4 rings (SSSR count). The molecule has 45 heavy (non-hydrogen) atoms. The van der Waals surface area contributed by atoms with E-state index in [4.69, 9.17) is 9.47 Å². The fourth-order valence-electron chi connectivity index (χ4n) is 4.62. The number of hydrogen-bond donors (Lipinski definition) is 2. The molecule has 0 saturated carbocycles. The fourth-order valence-corrected chi connectivity index (χ4v) is 4.62. The predicted octanol–water partition coefficient (Wildman–Crippen LogP) is 5.73. The van der Waals surface area contributed by atoms with E-state index in [9.17, 15) is 13.6 Å². The van der Waals surface area contributed by atoms with Crippen molar-refractivity contribution in [2.24, 2.45) is 0 Å². The number of aromatic nitrogens is 4. The zero-order valence-corrected chi connectivity index (χ0v) is 26.1. The van der Waals surface area contributed by atoms with E-state index in [1.807, 2.05) is 39.9 Å². The number of halogens is 3. The van der Waals surface area contributed by atoms with Crippen LogP contribution in [0.4, 0.5) is 36.2 Å². The molecular formula is C31H37F3N8O3. The topological polar surface area (TPSA) is 110 Å². The molecule has 0 bridgehead atoms. The number of fused-ring (bicyclic) bond motifs is 1. The first kappa shape index (κ1) is 33.1. The van der Waals surface area contributed by atoms with Gasteiger partial charge in [0.2, 0.25) is 11.9 Å². The highest BCUT2D eigenvalue weighted by molar-refractivity contribution is 6.02. The Hall–Kier alpha value is -4.85. The van der Waals surface area contributed by atoms with Gasteiger partial charge in [-0.2, -0.15) is 4.98 Å². The molecule has 2 heterocycles. The summed E-state index contributed by atoms with van der Waals surface area (Å²) in [7, 11) is 7.39. The van der Waals surface area contributed by atoms with Crippen LogP contribution < -0.4 is 25.0 Å². The third kappa shape index (κ3) is 7.81. The van der Waals surface area contributed by atoms with Crippen molar-refractivity contribution in [3.63, 3.8) is 0 Å². The summed E-state index contributed by atoms with van der Waals surface area (Å²) in [6.07, 6.45) is -0.00585. The van der Waals surface area contributed by atoms with E-state index in [1.165, 1.54) is 25.4 Å². The maximum atomic E-state index is 15.3. The number of benzene rings is 2. The summed E-state index contributed by atoms with van der Waals surface area (Å²) in [5.41, 5.74) is 2.88. The van der Waals surface area contributed by atoms with Crippen LogP contribution in [0.2, 0.25) is 0 Å². The average Bonchev–Trinajstić information content (AvgIpc) is 3.38. The first-order valence-electron chi connectivity index (χ1n) is 14.2. The molecule has 0 unspecified atom stereocenters. The number of hydrogen-bond acceptors (Lipinski definition) is 9. The lowest BCUT2D eigenvalue weighted by molar-refractivity contribution is -0.111. The van der Waals surface area contributed by atoms with Crippen LogP contribution in [0, 0.1) is 5.82 Å². The standard InChI is InChI=1S/C31H37F3N8O3/c1-8-28(43)36-22-15-23(26(44-7)16-24(22)41(6)12-11-40(4)5)38-30-35-10-9-21(37-30)19-13-20(32)29-25(14-19)42(18(2)3)31(39-29)45-17-27(33)34/h8-10,13-16,18,27H,1,11-12,17H2,2-7H3,(H,36,43)(H,35,37,38). The Bertz CT molecular complexity index is 1680. The molecule has 0 radical (unpaired) electrons. The molecule has 2 aromatic carbocycles. The van der Waals surface area contributed by atoms with Crippen molar-refractivity contribution < 1.29 is 27.4 Å². The molecule has 0 saturated heterocycles. The Kier molecular flexibility index (Phi) is 10.5. The van der Waals surface area contributed by atoms with Crippen LogP contribution in [0.5, 0.6) is 11.8 Å². The molecule has 2 N–H and O–H groups in total. The van der Waals surface area contributed by atoms with Crippen molar-refractivity contribution in [3.05, 3.63) is 55.0 Å². The quantitative estimate of drug-likeness (QED) is 0.170. The third-order valence-electron chi connectivity index (χ3n) is 6.82. The molecule has 0 spiro atoms. The second kappa shape index (κ2) is 14.3. The second-order valence-electron chi connectivity index (χ2n) is 10.8. The summed E-state index contributed by atoms with van der Waals surface area (Å²) >= 11 is 0. The van der Waals surface area contributed by atoms with Crippen LogP contribution in [-0.2, 0) is 4.79 Å². The lowest BCUT2D eigenvalue weighted by atomic mass is 10.1. The number of carbonyl (C=O) groups is 1. The maximum absolute atomic E-state index is 15.3. The first-order chi connectivity index (χ1) is 21.4. The maximum Gasteiger partial charge on any atom is 0.297 e. The fraction of sp³-hybridized carbons (Fsp3) is 0.355. The van der Waals surface area contributed by atoms with Crippen LogP contribution in [0.3, 0.4) is 0 Å². The minimum Gasteiger partial charge on any atom is -0.494 e. The third-order valence-corrected chi connectivity index (χ3v) is 6.82. The number of imidazole rings is 1. The number of nitrogens with zero attached hydrogens (tertiary/aromatic N) is 6.